The molecule has 0 aliphatic carbocycles. The first-order valence-corrected chi connectivity index (χ1v) is 14.7. The second kappa shape index (κ2) is 7.45. The molecule has 0 atom stereocenters. The van der Waals surface area contributed by atoms with Crippen LogP contribution in [0.3, 0.4) is 0 Å². The Bertz CT molecular complexity index is 168. The van der Waals surface area contributed by atoms with E-state index in [2.05, 4.69) is 33.1 Å². The molecular formula is C12H28Cl2Si2. The van der Waals surface area contributed by atoms with Crippen LogP contribution in [0.5, 0.6) is 0 Å². The van der Waals surface area contributed by atoms with Crippen LogP contribution >= 0.6 is 22.2 Å². The maximum atomic E-state index is 6.61. The van der Waals surface area contributed by atoms with E-state index in [-0.39, 0.29) is 0 Å². The van der Waals surface area contributed by atoms with E-state index < -0.39 is 14.8 Å². The van der Waals surface area contributed by atoms with Crippen molar-refractivity contribution in [3.63, 3.8) is 0 Å². The van der Waals surface area contributed by atoms with Gasteiger partial charge in [-0.05, 0) is 5.16 Å². The summed E-state index contributed by atoms with van der Waals surface area (Å²) in [7, 11) is -3.18. The minimum absolute atomic E-state index is 0.643. The van der Waals surface area contributed by atoms with Crippen molar-refractivity contribution in [3.05, 3.63) is 0 Å². The Kier molecular flexibility index (Phi) is 7.92. The summed E-state index contributed by atoms with van der Waals surface area (Å²) in [5.74, 6) is 0. The monoisotopic (exact) mass is 298 g/mol. The van der Waals surface area contributed by atoms with Gasteiger partial charge in [-0.25, -0.2) is 0 Å². The summed E-state index contributed by atoms with van der Waals surface area (Å²) in [4.78, 5) is 0. The number of halogens is 2. The molecule has 0 saturated heterocycles. The third-order valence-electron chi connectivity index (χ3n) is 3.25. The van der Waals surface area contributed by atoms with Crippen LogP contribution in [0.15, 0.2) is 0 Å². The van der Waals surface area contributed by atoms with E-state index in [1.54, 1.807) is 0 Å². The van der Waals surface area contributed by atoms with Gasteiger partial charge in [-0.3, -0.25) is 0 Å². The van der Waals surface area contributed by atoms with Gasteiger partial charge in [-0.15, -0.1) is 0 Å². The lowest BCUT2D eigenvalue weighted by Crippen LogP contribution is -2.40. The van der Waals surface area contributed by atoms with Crippen molar-refractivity contribution >= 4 is 36.9 Å². The molecule has 0 nitrogen and oxygen atoms in total. The normalized spacial score (nSPS) is 13.5. The molecule has 0 radical (unpaired) electrons. The minimum Gasteiger partial charge on any atom is -0.168 e. The molecule has 4 heteroatoms. The number of hydrogen-bond donors (Lipinski definition) is 0. The molecule has 0 unspecified atom stereocenters. The van der Waals surface area contributed by atoms with E-state index in [0.717, 1.165) is 0 Å². The quantitative estimate of drug-likeness (QED) is 0.287. The SMILES string of the molecule is CCCCCCCC([Si](C)(C)Cl)[Si](C)(C)Cl. The summed E-state index contributed by atoms with van der Waals surface area (Å²) >= 11 is 13.2. The molecule has 0 heterocycles. The molecular weight excluding hydrogens is 271 g/mol. The smallest absolute Gasteiger partial charge is 0.152 e. The van der Waals surface area contributed by atoms with Crippen molar-refractivity contribution in [1.82, 2.24) is 0 Å². The predicted octanol–water partition coefficient (Wildman–Crippen LogP) is 6.14. The van der Waals surface area contributed by atoms with Gasteiger partial charge >= 0.3 is 0 Å². The minimum atomic E-state index is -1.59. The largest absolute Gasteiger partial charge is 0.168 e. The summed E-state index contributed by atoms with van der Waals surface area (Å²) < 4.78 is 0. The van der Waals surface area contributed by atoms with E-state index in [9.17, 15) is 0 Å². The van der Waals surface area contributed by atoms with Gasteiger partial charge in [-0.1, -0.05) is 71.6 Å². The van der Waals surface area contributed by atoms with Crippen molar-refractivity contribution < 1.29 is 0 Å². The molecule has 0 rings (SSSR count). The second-order valence-electron chi connectivity index (χ2n) is 5.88. The molecule has 0 amide bonds. The van der Waals surface area contributed by atoms with Crippen LogP contribution in [0.1, 0.15) is 45.4 Å². The van der Waals surface area contributed by atoms with Crippen LogP contribution < -0.4 is 0 Å². The topological polar surface area (TPSA) is 0 Å². The second-order valence-corrected chi connectivity index (χ2v) is 20.0. The standard InChI is InChI=1S/C12H28Cl2Si2/c1-6-7-8-9-10-11-12(15(2,3)13)16(4,5)14/h12H,6-11H2,1-5H3. The summed E-state index contributed by atoms with van der Waals surface area (Å²) in [6, 6.07) is 0. The highest BCUT2D eigenvalue weighted by molar-refractivity contribution is 7.32. The van der Waals surface area contributed by atoms with Crippen molar-refractivity contribution in [2.24, 2.45) is 0 Å². The van der Waals surface area contributed by atoms with Crippen LogP contribution in [0.4, 0.5) is 0 Å². The van der Waals surface area contributed by atoms with Crippen molar-refractivity contribution in [1.29, 1.82) is 0 Å². The predicted molar refractivity (Wildman–Crippen MR) is 83.8 cm³/mol. The molecule has 0 aliphatic heterocycles. The zero-order valence-corrected chi connectivity index (χ0v) is 15.1. The number of rotatable bonds is 8. The molecule has 0 aromatic rings. The zero-order chi connectivity index (χ0) is 12.8. The molecule has 0 N–H and O–H groups in total. The summed E-state index contributed by atoms with van der Waals surface area (Å²) in [5, 5.41) is 0.643. The Hall–Kier alpha value is 1.01. The molecule has 0 aromatic heterocycles. The third-order valence-corrected chi connectivity index (χ3v) is 14.2. The Morgan fingerprint density at radius 1 is 0.812 bits per heavy atom. The van der Waals surface area contributed by atoms with E-state index in [1.165, 1.54) is 38.5 Å². The zero-order valence-electron chi connectivity index (χ0n) is 11.6. The van der Waals surface area contributed by atoms with E-state index in [4.69, 9.17) is 22.2 Å². The maximum Gasteiger partial charge on any atom is 0.152 e. The summed E-state index contributed by atoms with van der Waals surface area (Å²) in [6.45, 7) is 11.3. The number of unbranched alkanes of at least 4 members (excludes halogenated alkanes) is 4. The number of hydrogen-bond acceptors (Lipinski definition) is 0. The highest BCUT2D eigenvalue weighted by atomic mass is 35.6. The van der Waals surface area contributed by atoms with Crippen molar-refractivity contribution in [2.45, 2.75) is 76.8 Å². The van der Waals surface area contributed by atoms with Crippen LogP contribution in [0, 0.1) is 0 Å². The van der Waals surface area contributed by atoms with E-state index in [1.807, 2.05) is 0 Å². The van der Waals surface area contributed by atoms with Crippen molar-refractivity contribution in [2.75, 3.05) is 0 Å². The van der Waals surface area contributed by atoms with Crippen molar-refractivity contribution in [3.8, 4) is 0 Å². The van der Waals surface area contributed by atoms with Crippen LogP contribution in [0.25, 0.3) is 0 Å². The Labute approximate surface area is 114 Å². The molecule has 0 spiro atoms. The highest BCUT2D eigenvalue weighted by Crippen LogP contribution is 2.40. The van der Waals surface area contributed by atoms with E-state index in [0.29, 0.717) is 5.16 Å². The Morgan fingerprint density at radius 2 is 1.25 bits per heavy atom. The molecule has 0 saturated carbocycles. The summed E-state index contributed by atoms with van der Waals surface area (Å²) in [6.07, 6.45) is 7.99. The Balaban J connectivity index is 4.06. The third kappa shape index (κ3) is 7.36. The van der Waals surface area contributed by atoms with Gasteiger partial charge in [0.15, 0.2) is 14.8 Å². The van der Waals surface area contributed by atoms with Gasteiger partial charge < -0.3 is 0 Å². The molecule has 0 fully saturated rings. The van der Waals surface area contributed by atoms with Gasteiger partial charge in [0.2, 0.25) is 0 Å². The lowest BCUT2D eigenvalue weighted by atomic mass is 10.1. The van der Waals surface area contributed by atoms with Gasteiger partial charge in [0, 0.05) is 0 Å². The average molecular weight is 299 g/mol. The lowest BCUT2D eigenvalue weighted by molar-refractivity contribution is 0.614. The summed E-state index contributed by atoms with van der Waals surface area (Å²) in [5.41, 5.74) is 0. The molecule has 0 aromatic carbocycles. The first-order chi connectivity index (χ1) is 7.19. The van der Waals surface area contributed by atoms with Gasteiger partial charge in [0.25, 0.3) is 0 Å². The molecule has 0 bridgehead atoms. The highest BCUT2D eigenvalue weighted by Gasteiger charge is 2.41. The fraction of sp³-hybridized carbons (Fsp3) is 1.00. The van der Waals surface area contributed by atoms with Gasteiger partial charge in [0.05, 0.1) is 0 Å². The fourth-order valence-corrected chi connectivity index (χ4v) is 16.8. The van der Waals surface area contributed by atoms with Gasteiger partial charge in [0.1, 0.15) is 0 Å². The first kappa shape index (κ1) is 17.0. The fourth-order valence-electron chi connectivity index (χ4n) is 2.45. The lowest BCUT2D eigenvalue weighted by Gasteiger charge is -2.34. The van der Waals surface area contributed by atoms with E-state index >= 15 is 0 Å². The Morgan fingerprint density at radius 3 is 1.62 bits per heavy atom. The molecule has 0 aliphatic rings. The van der Waals surface area contributed by atoms with Crippen LogP contribution in [-0.2, 0) is 0 Å². The first-order valence-electron chi connectivity index (χ1n) is 6.57. The average Bonchev–Trinajstić information content (AvgIpc) is 2.06. The molecule has 98 valence electrons. The van der Waals surface area contributed by atoms with Crippen LogP contribution in [-0.4, -0.2) is 14.8 Å². The maximum absolute atomic E-state index is 6.61. The van der Waals surface area contributed by atoms with Crippen LogP contribution in [0.2, 0.25) is 31.4 Å². The van der Waals surface area contributed by atoms with Gasteiger partial charge in [-0.2, -0.15) is 22.2 Å². The molecule has 16 heavy (non-hydrogen) atoms.